The number of amides is 1. The van der Waals surface area contributed by atoms with E-state index in [2.05, 4.69) is 17.2 Å². The molecule has 1 aromatic heterocycles. The predicted molar refractivity (Wildman–Crippen MR) is 81.3 cm³/mol. The first-order valence-corrected chi connectivity index (χ1v) is 8.01. The van der Waals surface area contributed by atoms with Crippen molar-refractivity contribution in [2.45, 2.75) is 38.6 Å². The molecule has 1 aliphatic rings. The van der Waals surface area contributed by atoms with E-state index in [1.807, 2.05) is 18.0 Å². The summed E-state index contributed by atoms with van der Waals surface area (Å²) in [7, 11) is 1.88. The molecule has 0 bridgehead atoms. The third-order valence-electron chi connectivity index (χ3n) is 3.60. The first-order chi connectivity index (χ1) is 9.70. The van der Waals surface area contributed by atoms with Crippen molar-refractivity contribution >= 4 is 17.2 Å². The summed E-state index contributed by atoms with van der Waals surface area (Å²) in [6, 6.07) is 2.04. The van der Waals surface area contributed by atoms with Crippen LogP contribution in [0.3, 0.4) is 0 Å². The van der Waals surface area contributed by atoms with E-state index in [-0.39, 0.29) is 18.4 Å². The predicted octanol–water partition coefficient (Wildman–Crippen LogP) is 2.63. The van der Waals surface area contributed by atoms with Gasteiger partial charge in [-0.25, -0.2) is 0 Å². The molecule has 1 aromatic rings. The topological polar surface area (TPSA) is 40.5 Å². The molecule has 0 atom stereocenters. The summed E-state index contributed by atoms with van der Waals surface area (Å²) in [4.78, 5) is 15.1. The van der Waals surface area contributed by atoms with Gasteiger partial charge in [-0.15, -0.1) is 11.3 Å². The van der Waals surface area contributed by atoms with Gasteiger partial charge < -0.3 is 10.0 Å². The average Bonchev–Trinajstić information content (AvgIpc) is 3.09. The number of thiophene rings is 1. The van der Waals surface area contributed by atoms with Crippen molar-refractivity contribution in [1.29, 1.82) is 0 Å². The lowest BCUT2D eigenvalue weighted by Crippen LogP contribution is -2.31. The van der Waals surface area contributed by atoms with E-state index in [1.165, 1.54) is 12.8 Å². The van der Waals surface area contributed by atoms with Gasteiger partial charge >= 0.3 is 0 Å². The van der Waals surface area contributed by atoms with Crippen LogP contribution in [0.15, 0.2) is 11.4 Å². The fourth-order valence-corrected chi connectivity index (χ4v) is 3.34. The van der Waals surface area contributed by atoms with Crippen LogP contribution in [0.2, 0.25) is 0 Å². The highest BCUT2D eigenvalue weighted by Crippen LogP contribution is 2.27. The zero-order valence-corrected chi connectivity index (χ0v) is 12.7. The first-order valence-electron chi connectivity index (χ1n) is 7.13. The summed E-state index contributed by atoms with van der Waals surface area (Å²) in [5.74, 6) is 6.46. The highest BCUT2D eigenvalue weighted by atomic mass is 32.1. The van der Waals surface area contributed by atoms with Crippen LogP contribution in [-0.4, -0.2) is 29.6 Å². The Labute approximate surface area is 124 Å². The third kappa shape index (κ3) is 4.09. The molecule has 108 valence electrons. The lowest BCUT2D eigenvalue weighted by molar-refractivity contribution is -0.134. The number of aliphatic hydroxyl groups excluding tert-OH is 1. The standard InChI is InChI=1S/C16H21NO2S/c1-17(16(19)14-6-2-3-7-14)11-13-10-15(20-12-13)8-4-5-9-18/h10,12,14,18H,2-3,5-7,9,11H2,1H3. The summed E-state index contributed by atoms with van der Waals surface area (Å²) in [5, 5.41) is 10.7. The molecule has 20 heavy (non-hydrogen) atoms. The van der Waals surface area contributed by atoms with Crippen LogP contribution in [0.1, 0.15) is 42.5 Å². The largest absolute Gasteiger partial charge is 0.395 e. The van der Waals surface area contributed by atoms with Crippen molar-refractivity contribution < 1.29 is 9.90 Å². The van der Waals surface area contributed by atoms with E-state index in [4.69, 9.17) is 5.11 Å². The Bertz CT molecular complexity index is 506. The molecule has 1 saturated carbocycles. The van der Waals surface area contributed by atoms with E-state index >= 15 is 0 Å². The third-order valence-corrected chi connectivity index (χ3v) is 4.50. The maximum atomic E-state index is 12.2. The lowest BCUT2D eigenvalue weighted by atomic mass is 10.1. The molecule has 0 aliphatic heterocycles. The second kappa shape index (κ2) is 7.47. The summed E-state index contributed by atoms with van der Waals surface area (Å²) < 4.78 is 0. The van der Waals surface area contributed by atoms with Gasteiger partial charge in [-0.2, -0.15) is 0 Å². The van der Waals surface area contributed by atoms with Crippen molar-refractivity contribution in [2.75, 3.05) is 13.7 Å². The smallest absolute Gasteiger partial charge is 0.225 e. The van der Waals surface area contributed by atoms with Gasteiger partial charge in [-0.1, -0.05) is 24.7 Å². The lowest BCUT2D eigenvalue weighted by Gasteiger charge is -2.20. The second-order valence-electron chi connectivity index (χ2n) is 5.27. The van der Waals surface area contributed by atoms with E-state index in [0.717, 1.165) is 23.3 Å². The normalized spacial score (nSPS) is 14.9. The van der Waals surface area contributed by atoms with E-state index in [1.54, 1.807) is 11.3 Å². The molecule has 4 heteroatoms. The summed E-state index contributed by atoms with van der Waals surface area (Å²) in [6.45, 7) is 0.761. The highest BCUT2D eigenvalue weighted by Gasteiger charge is 2.25. The minimum absolute atomic E-state index is 0.101. The van der Waals surface area contributed by atoms with Gasteiger partial charge in [-0.3, -0.25) is 4.79 Å². The monoisotopic (exact) mass is 291 g/mol. The molecule has 1 N–H and O–H groups in total. The zero-order chi connectivity index (χ0) is 14.4. The Hall–Kier alpha value is -1.31. The maximum Gasteiger partial charge on any atom is 0.225 e. The average molecular weight is 291 g/mol. The summed E-state index contributed by atoms with van der Waals surface area (Å²) in [5.41, 5.74) is 1.14. The van der Waals surface area contributed by atoms with Crippen molar-refractivity contribution in [2.24, 2.45) is 5.92 Å². The van der Waals surface area contributed by atoms with E-state index in [0.29, 0.717) is 13.0 Å². The molecule has 1 fully saturated rings. The Morgan fingerprint density at radius 2 is 2.25 bits per heavy atom. The number of carbonyl (C=O) groups excluding carboxylic acids is 1. The van der Waals surface area contributed by atoms with E-state index in [9.17, 15) is 4.79 Å². The van der Waals surface area contributed by atoms with Gasteiger partial charge in [0.25, 0.3) is 0 Å². The molecule has 0 aromatic carbocycles. The summed E-state index contributed by atoms with van der Waals surface area (Å²) >= 11 is 1.59. The quantitative estimate of drug-likeness (QED) is 0.866. The Kier molecular flexibility index (Phi) is 5.63. The second-order valence-corrected chi connectivity index (χ2v) is 6.18. The number of nitrogens with zero attached hydrogens (tertiary/aromatic N) is 1. The van der Waals surface area contributed by atoms with Crippen molar-refractivity contribution in [3.05, 3.63) is 21.9 Å². The molecule has 0 saturated heterocycles. The fraction of sp³-hybridized carbons (Fsp3) is 0.562. The fourth-order valence-electron chi connectivity index (χ4n) is 2.57. The Morgan fingerprint density at radius 3 is 2.95 bits per heavy atom. The van der Waals surface area contributed by atoms with E-state index < -0.39 is 0 Å². The van der Waals surface area contributed by atoms with Gasteiger partial charge in [0.05, 0.1) is 11.5 Å². The molecule has 1 aliphatic carbocycles. The van der Waals surface area contributed by atoms with Crippen molar-refractivity contribution in [1.82, 2.24) is 4.90 Å². The van der Waals surface area contributed by atoms with Crippen molar-refractivity contribution in [3.63, 3.8) is 0 Å². The SMILES string of the molecule is CN(Cc1csc(C#CCCO)c1)C(=O)C1CCCC1. The minimum atomic E-state index is 0.101. The molecule has 1 heterocycles. The van der Waals surface area contributed by atoms with Crippen molar-refractivity contribution in [3.8, 4) is 11.8 Å². The van der Waals surface area contributed by atoms with Gasteiger partial charge in [0.15, 0.2) is 0 Å². The van der Waals surface area contributed by atoms with Gasteiger partial charge in [0.1, 0.15) is 0 Å². The number of hydrogen-bond donors (Lipinski definition) is 1. The number of carbonyl (C=O) groups is 1. The van der Waals surface area contributed by atoms with Gasteiger partial charge in [-0.05, 0) is 29.9 Å². The maximum absolute atomic E-state index is 12.2. The van der Waals surface area contributed by atoms with Crippen LogP contribution < -0.4 is 0 Å². The Balaban J connectivity index is 1.89. The molecule has 0 radical (unpaired) electrons. The van der Waals surface area contributed by atoms with Crippen LogP contribution in [0, 0.1) is 17.8 Å². The van der Waals surface area contributed by atoms with Crippen LogP contribution in [0.25, 0.3) is 0 Å². The van der Waals surface area contributed by atoms with Crippen LogP contribution in [0.5, 0.6) is 0 Å². The van der Waals surface area contributed by atoms with Crippen LogP contribution in [0.4, 0.5) is 0 Å². The van der Waals surface area contributed by atoms with Gasteiger partial charge in [0, 0.05) is 25.9 Å². The molecule has 1 amide bonds. The first kappa shape index (κ1) is 15.1. The molecule has 0 spiro atoms. The van der Waals surface area contributed by atoms with Gasteiger partial charge in [0.2, 0.25) is 5.91 Å². The van der Waals surface area contributed by atoms with Crippen LogP contribution in [-0.2, 0) is 11.3 Å². The Morgan fingerprint density at radius 1 is 1.50 bits per heavy atom. The summed E-state index contributed by atoms with van der Waals surface area (Å²) in [6.07, 6.45) is 4.98. The molecular weight excluding hydrogens is 270 g/mol. The molecule has 3 nitrogen and oxygen atoms in total. The van der Waals surface area contributed by atoms with Crippen LogP contribution >= 0.6 is 11.3 Å². The number of hydrogen-bond acceptors (Lipinski definition) is 3. The highest BCUT2D eigenvalue weighted by molar-refractivity contribution is 7.10. The zero-order valence-electron chi connectivity index (χ0n) is 11.9. The molecule has 0 unspecified atom stereocenters. The minimum Gasteiger partial charge on any atom is -0.395 e. The number of rotatable bonds is 4. The molecule has 2 rings (SSSR count). The molecular formula is C16H21NO2S. The number of aliphatic hydroxyl groups is 1.